The highest BCUT2D eigenvalue weighted by Crippen LogP contribution is 2.38. The van der Waals surface area contributed by atoms with Gasteiger partial charge in [0, 0.05) is 12.5 Å². The van der Waals surface area contributed by atoms with Crippen molar-refractivity contribution >= 4 is 39.9 Å². The summed E-state index contributed by atoms with van der Waals surface area (Å²) in [6, 6.07) is 31.0. The summed E-state index contributed by atoms with van der Waals surface area (Å²) in [6.07, 6.45) is 0.185. The van der Waals surface area contributed by atoms with Crippen molar-refractivity contribution in [1.82, 2.24) is 0 Å². The van der Waals surface area contributed by atoms with Crippen LogP contribution in [0.1, 0.15) is 18.1 Å². The number of primary amides is 1. The minimum absolute atomic E-state index is 0.0810. The van der Waals surface area contributed by atoms with E-state index in [0.29, 0.717) is 17.9 Å². The van der Waals surface area contributed by atoms with Gasteiger partial charge in [-0.05, 0) is 34.0 Å². The molecule has 5 rings (SSSR count). The van der Waals surface area contributed by atoms with E-state index in [2.05, 4.69) is 0 Å². The van der Waals surface area contributed by atoms with Gasteiger partial charge in [0.05, 0.1) is 30.3 Å². The largest absolute Gasteiger partial charge is 0.369 e. The number of anilines is 2. The number of nitrogens with zero attached hydrogens (tertiary/aromatic N) is 2. The lowest BCUT2D eigenvalue weighted by molar-refractivity contribution is -0.131. The van der Waals surface area contributed by atoms with Crippen molar-refractivity contribution in [3.8, 4) is 0 Å². The highest BCUT2D eigenvalue weighted by molar-refractivity contribution is 6.07. The van der Waals surface area contributed by atoms with Crippen molar-refractivity contribution in [2.24, 2.45) is 17.6 Å². The Hall–Kier alpha value is -4.45. The van der Waals surface area contributed by atoms with Gasteiger partial charge in [0.1, 0.15) is 0 Å². The Morgan fingerprint density at radius 1 is 0.865 bits per heavy atom. The highest BCUT2D eigenvalue weighted by Gasteiger charge is 2.40. The summed E-state index contributed by atoms with van der Waals surface area (Å²) in [7, 11) is 0. The molecule has 2 N–H and O–H groups in total. The van der Waals surface area contributed by atoms with E-state index >= 15 is 0 Å². The molecule has 0 spiro atoms. The highest BCUT2D eigenvalue weighted by atomic mass is 16.2. The second-order valence-electron chi connectivity index (χ2n) is 9.52. The predicted molar refractivity (Wildman–Crippen MR) is 146 cm³/mol. The fraction of sp³-hybridized carbons (Fsp3) is 0.194. The normalized spacial score (nSPS) is 16.2. The predicted octanol–water partition coefficient (Wildman–Crippen LogP) is 4.70. The maximum atomic E-state index is 14.1. The summed E-state index contributed by atoms with van der Waals surface area (Å²) in [5.41, 5.74) is 8.84. The van der Waals surface area contributed by atoms with Gasteiger partial charge in [-0.25, -0.2) is 0 Å². The van der Waals surface area contributed by atoms with Crippen LogP contribution in [0.5, 0.6) is 0 Å². The van der Waals surface area contributed by atoms with E-state index in [0.717, 1.165) is 21.9 Å². The van der Waals surface area contributed by atoms with Crippen LogP contribution < -0.4 is 15.5 Å². The number of carbonyl (C=O) groups excluding carboxylic acids is 3. The number of hydrogen-bond donors (Lipinski definition) is 1. The standard InChI is InChI=1S/C31H29N3O3/c1-21(30(32)36)26-20-33(29(35)18-22-10-3-2-4-11-22)27-16-7-8-17-28(27)34(31(26)37)19-24-14-9-13-23-12-5-6-15-25(23)24/h2-17,21,26H,18-20H2,1H3,(H2,32,36)/t21?,26-/m1/s1. The van der Waals surface area contributed by atoms with Crippen LogP contribution in [0.25, 0.3) is 10.8 Å². The van der Waals surface area contributed by atoms with Gasteiger partial charge < -0.3 is 15.5 Å². The first kappa shape index (κ1) is 24.3. The van der Waals surface area contributed by atoms with E-state index in [4.69, 9.17) is 5.73 Å². The molecule has 6 nitrogen and oxygen atoms in total. The molecule has 0 bridgehead atoms. The van der Waals surface area contributed by atoms with E-state index in [9.17, 15) is 14.4 Å². The van der Waals surface area contributed by atoms with E-state index in [1.807, 2.05) is 97.1 Å². The first-order chi connectivity index (χ1) is 17.9. The van der Waals surface area contributed by atoms with E-state index < -0.39 is 17.7 Å². The monoisotopic (exact) mass is 491 g/mol. The molecule has 4 aromatic rings. The topological polar surface area (TPSA) is 83.7 Å². The van der Waals surface area contributed by atoms with Gasteiger partial charge >= 0.3 is 0 Å². The molecule has 4 aromatic carbocycles. The van der Waals surface area contributed by atoms with Crippen molar-refractivity contribution in [2.75, 3.05) is 16.3 Å². The molecule has 0 saturated carbocycles. The average molecular weight is 492 g/mol. The molecular formula is C31H29N3O3. The molecule has 0 radical (unpaired) electrons. The van der Waals surface area contributed by atoms with E-state index in [1.54, 1.807) is 16.7 Å². The number of nitrogens with two attached hydrogens (primary N) is 1. The van der Waals surface area contributed by atoms with Gasteiger partial charge in [0.25, 0.3) is 0 Å². The van der Waals surface area contributed by atoms with E-state index in [-0.39, 0.29) is 24.8 Å². The number of amides is 3. The Bertz CT molecular complexity index is 1460. The number of para-hydroxylation sites is 2. The van der Waals surface area contributed by atoms with Gasteiger partial charge in [-0.15, -0.1) is 0 Å². The number of fused-ring (bicyclic) bond motifs is 2. The number of benzene rings is 4. The number of rotatable bonds is 6. The van der Waals surface area contributed by atoms with Gasteiger partial charge in [-0.2, -0.15) is 0 Å². The SMILES string of the molecule is CC(C(N)=O)[C@H]1CN(C(=O)Cc2ccccc2)c2ccccc2N(Cc2cccc3ccccc23)C1=O. The lowest BCUT2D eigenvalue weighted by atomic mass is 9.91. The van der Waals surface area contributed by atoms with Gasteiger partial charge in [-0.3, -0.25) is 14.4 Å². The van der Waals surface area contributed by atoms with Crippen molar-refractivity contribution in [2.45, 2.75) is 19.9 Å². The fourth-order valence-electron chi connectivity index (χ4n) is 5.05. The molecule has 0 saturated heterocycles. The number of hydrogen-bond acceptors (Lipinski definition) is 3. The Morgan fingerprint density at radius 3 is 2.27 bits per heavy atom. The van der Waals surface area contributed by atoms with Crippen LogP contribution in [0.2, 0.25) is 0 Å². The third-order valence-corrected chi connectivity index (χ3v) is 7.19. The van der Waals surface area contributed by atoms with Gasteiger partial charge in [0.2, 0.25) is 17.7 Å². The number of carbonyl (C=O) groups is 3. The first-order valence-corrected chi connectivity index (χ1v) is 12.4. The van der Waals surface area contributed by atoms with Crippen molar-refractivity contribution in [3.05, 3.63) is 108 Å². The van der Waals surface area contributed by atoms with Crippen molar-refractivity contribution in [3.63, 3.8) is 0 Å². The summed E-state index contributed by atoms with van der Waals surface area (Å²) >= 11 is 0. The minimum atomic E-state index is -0.778. The fourth-order valence-corrected chi connectivity index (χ4v) is 5.05. The average Bonchev–Trinajstić information content (AvgIpc) is 3.03. The molecule has 0 aromatic heterocycles. The molecule has 186 valence electrons. The summed E-state index contributed by atoms with van der Waals surface area (Å²) in [5, 5.41) is 2.13. The first-order valence-electron chi connectivity index (χ1n) is 12.4. The van der Waals surface area contributed by atoms with Crippen LogP contribution >= 0.6 is 0 Å². The third kappa shape index (κ3) is 4.83. The Morgan fingerprint density at radius 2 is 1.51 bits per heavy atom. The molecule has 0 aliphatic carbocycles. The lowest BCUT2D eigenvalue weighted by Crippen LogP contribution is -2.45. The second-order valence-corrected chi connectivity index (χ2v) is 9.52. The summed E-state index contributed by atoms with van der Waals surface area (Å²) < 4.78 is 0. The maximum Gasteiger partial charge on any atom is 0.233 e. The van der Waals surface area contributed by atoms with Crippen LogP contribution in [0.3, 0.4) is 0 Å². The van der Waals surface area contributed by atoms with Crippen LogP contribution in [0.15, 0.2) is 97.1 Å². The second kappa shape index (κ2) is 10.3. The third-order valence-electron chi connectivity index (χ3n) is 7.19. The molecule has 37 heavy (non-hydrogen) atoms. The molecule has 2 atom stereocenters. The van der Waals surface area contributed by atoms with Crippen LogP contribution in [-0.4, -0.2) is 24.3 Å². The molecule has 1 unspecified atom stereocenters. The van der Waals surface area contributed by atoms with Crippen molar-refractivity contribution < 1.29 is 14.4 Å². The molecular weight excluding hydrogens is 462 g/mol. The quantitative estimate of drug-likeness (QED) is 0.424. The zero-order valence-electron chi connectivity index (χ0n) is 20.7. The zero-order chi connectivity index (χ0) is 25.9. The van der Waals surface area contributed by atoms with Crippen LogP contribution in [0.4, 0.5) is 11.4 Å². The molecule has 1 heterocycles. The zero-order valence-corrected chi connectivity index (χ0v) is 20.7. The smallest absolute Gasteiger partial charge is 0.233 e. The molecule has 0 fully saturated rings. The maximum absolute atomic E-state index is 14.1. The van der Waals surface area contributed by atoms with Crippen molar-refractivity contribution in [1.29, 1.82) is 0 Å². The van der Waals surface area contributed by atoms with Crippen LogP contribution in [-0.2, 0) is 27.3 Å². The molecule has 3 amide bonds. The molecule has 1 aliphatic rings. The lowest BCUT2D eigenvalue weighted by Gasteiger charge is -2.27. The summed E-state index contributed by atoms with van der Waals surface area (Å²) in [5.74, 6) is -2.45. The summed E-state index contributed by atoms with van der Waals surface area (Å²) in [4.78, 5) is 43.4. The van der Waals surface area contributed by atoms with Gasteiger partial charge in [-0.1, -0.05) is 91.9 Å². The van der Waals surface area contributed by atoms with E-state index in [1.165, 1.54) is 0 Å². The van der Waals surface area contributed by atoms with Crippen LogP contribution in [0, 0.1) is 11.8 Å². The Labute approximate surface area is 216 Å². The molecule has 6 heteroatoms. The Kier molecular flexibility index (Phi) is 6.73. The molecule has 1 aliphatic heterocycles. The Balaban J connectivity index is 1.60. The minimum Gasteiger partial charge on any atom is -0.369 e. The van der Waals surface area contributed by atoms with Gasteiger partial charge in [0.15, 0.2) is 0 Å². The summed E-state index contributed by atoms with van der Waals surface area (Å²) in [6.45, 7) is 2.05.